The van der Waals surface area contributed by atoms with Gasteiger partial charge in [-0.05, 0) is 12.1 Å². The molecular weight excluding hydrogens is 307 g/mol. The van der Waals surface area contributed by atoms with Gasteiger partial charge in [0.1, 0.15) is 0 Å². The predicted molar refractivity (Wildman–Crippen MR) is 77.2 cm³/mol. The molecule has 100 valence electrons. The molecule has 19 heavy (non-hydrogen) atoms. The summed E-state index contributed by atoms with van der Waals surface area (Å²) in [6, 6.07) is 5.31. The molecule has 0 saturated carbocycles. The van der Waals surface area contributed by atoms with E-state index in [-0.39, 0.29) is 6.42 Å². The van der Waals surface area contributed by atoms with Crippen molar-refractivity contribution in [3.63, 3.8) is 0 Å². The van der Waals surface area contributed by atoms with Crippen LogP contribution in [0.3, 0.4) is 0 Å². The van der Waals surface area contributed by atoms with Crippen LogP contribution in [0.5, 0.6) is 0 Å². The van der Waals surface area contributed by atoms with Gasteiger partial charge in [-0.1, -0.05) is 29.3 Å². The van der Waals surface area contributed by atoms with E-state index in [1.54, 1.807) is 23.6 Å². The zero-order chi connectivity index (χ0) is 13.8. The van der Waals surface area contributed by atoms with E-state index >= 15 is 0 Å². The maximum atomic E-state index is 10.6. The van der Waals surface area contributed by atoms with Crippen LogP contribution >= 0.6 is 34.5 Å². The fourth-order valence-electron chi connectivity index (χ4n) is 1.49. The van der Waals surface area contributed by atoms with E-state index in [0.717, 1.165) is 5.56 Å². The second-order valence-corrected chi connectivity index (χ2v) is 5.44. The van der Waals surface area contributed by atoms with Crippen molar-refractivity contribution in [3.8, 4) is 0 Å². The molecule has 0 amide bonds. The molecule has 0 radical (unpaired) electrons. The molecular formula is C12H10Cl2N2O2S. The van der Waals surface area contributed by atoms with Crippen LogP contribution in [-0.4, -0.2) is 16.1 Å². The molecule has 4 nitrogen and oxygen atoms in total. The van der Waals surface area contributed by atoms with Gasteiger partial charge in [0.25, 0.3) is 0 Å². The summed E-state index contributed by atoms with van der Waals surface area (Å²) in [4.78, 5) is 14.7. The zero-order valence-corrected chi connectivity index (χ0v) is 12.0. The Hall–Kier alpha value is -1.30. The van der Waals surface area contributed by atoms with Gasteiger partial charge < -0.3 is 10.4 Å². The molecule has 1 aromatic heterocycles. The maximum absolute atomic E-state index is 10.6. The summed E-state index contributed by atoms with van der Waals surface area (Å²) in [5.74, 6) is -0.897. The van der Waals surface area contributed by atoms with Crippen molar-refractivity contribution in [2.45, 2.75) is 13.0 Å². The number of benzene rings is 1. The summed E-state index contributed by atoms with van der Waals surface area (Å²) in [6.07, 6.45) is -0.0783. The van der Waals surface area contributed by atoms with Crippen LogP contribution in [0.4, 0.5) is 5.13 Å². The van der Waals surface area contributed by atoms with Gasteiger partial charge in [-0.2, -0.15) is 0 Å². The van der Waals surface area contributed by atoms with Crippen LogP contribution in [0, 0.1) is 0 Å². The second kappa shape index (κ2) is 6.23. The lowest BCUT2D eigenvalue weighted by Crippen LogP contribution is -2.02. The number of carboxylic acid groups (broad SMARTS) is 1. The number of hydrogen-bond acceptors (Lipinski definition) is 4. The number of hydrogen-bond donors (Lipinski definition) is 2. The number of thiazole rings is 1. The fourth-order valence-corrected chi connectivity index (χ4v) is 2.73. The van der Waals surface area contributed by atoms with Gasteiger partial charge in [0.15, 0.2) is 5.13 Å². The number of aromatic nitrogens is 1. The molecule has 0 aliphatic heterocycles. The van der Waals surface area contributed by atoms with E-state index in [4.69, 9.17) is 28.3 Å². The van der Waals surface area contributed by atoms with Crippen molar-refractivity contribution in [2.24, 2.45) is 0 Å². The van der Waals surface area contributed by atoms with Crippen LogP contribution < -0.4 is 5.32 Å². The molecule has 1 heterocycles. The van der Waals surface area contributed by atoms with Gasteiger partial charge in [0.2, 0.25) is 0 Å². The molecule has 0 aliphatic carbocycles. The Bertz CT molecular complexity index is 581. The molecule has 7 heteroatoms. The largest absolute Gasteiger partial charge is 0.481 e. The van der Waals surface area contributed by atoms with E-state index in [0.29, 0.717) is 27.4 Å². The molecule has 2 rings (SSSR count). The Morgan fingerprint density at radius 2 is 2.05 bits per heavy atom. The number of carboxylic acids is 1. The van der Waals surface area contributed by atoms with E-state index in [1.807, 2.05) is 0 Å². The summed E-state index contributed by atoms with van der Waals surface area (Å²) in [5, 5.41) is 15.3. The molecule has 0 spiro atoms. The molecule has 0 saturated heterocycles. The van der Waals surface area contributed by atoms with Crippen LogP contribution in [-0.2, 0) is 17.8 Å². The predicted octanol–water partition coefficient (Wildman–Crippen LogP) is 3.69. The van der Waals surface area contributed by atoms with Crippen molar-refractivity contribution < 1.29 is 9.90 Å². The minimum absolute atomic E-state index is 0.0783. The third-order valence-electron chi connectivity index (χ3n) is 2.36. The van der Waals surface area contributed by atoms with E-state index in [9.17, 15) is 4.79 Å². The highest BCUT2D eigenvalue weighted by molar-refractivity contribution is 7.13. The maximum Gasteiger partial charge on any atom is 0.309 e. The average molecular weight is 317 g/mol. The van der Waals surface area contributed by atoms with Crippen molar-refractivity contribution in [2.75, 3.05) is 5.32 Å². The Kier molecular flexibility index (Phi) is 4.63. The number of carbonyl (C=O) groups is 1. The van der Waals surface area contributed by atoms with Crippen molar-refractivity contribution in [1.82, 2.24) is 4.98 Å². The normalized spacial score (nSPS) is 10.4. The lowest BCUT2D eigenvalue weighted by Gasteiger charge is -2.07. The third-order valence-corrected chi connectivity index (χ3v) is 3.92. The molecule has 2 aromatic rings. The molecule has 0 atom stereocenters. The first-order chi connectivity index (χ1) is 9.06. The quantitative estimate of drug-likeness (QED) is 0.883. The Morgan fingerprint density at radius 1 is 1.37 bits per heavy atom. The van der Waals surface area contributed by atoms with Crippen LogP contribution in [0.2, 0.25) is 10.0 Å². The highest BCUT2D eigenvalue weighted by Crippen LogP contribution is 2.25. The van der Waals surface area contributed by atoms with Gasteiger partial charge >= 0.3 is 5.97 Å². The number of nitrogens with zero attached hydrogens (tertiary/aromatic N) is 1. The molecule has 1 aromatic carbocycles. The summed E-state index contributed by atoms with van der Waals surface area (Å²) in [6.45, 7) is 0.443. The summed E-state index contributed by atoms with van der Waals surface area (Å²) >= 11 is 13.5. The lowest BCUT2D eigenvalue weighted by atomic mass is 10.2. The topological polar surface area (TPSA) is 62.2 Å². The number of rotatable bonds is 5. The number of halogens is 2. The van der Waals surface area contributed by atoms with Crippen molar-refractivity contribution in [3.05, 3.63) is 44.9 Å². The Balaban J connectivity index is 2.02. The van der Waals surface area contributed by atoms with E-state index in [2.05, 4.69) is 10.3 Å². The summed E-state index contributed by atoms with van der Waals surface area (Å²) < 4.78 is 0. The van der Waals surface area contributed by atoms with Crippen LogP contribution in [0.25, 0.3) is 0 Å². The van der Waals surface area contributed by atoms with Crippen molar-refractivity contribution in [1.29, 1.82) is 0 Å². The van der Waals surface area contributed by atoms with Crippen molar-refractivity contribution >= 4 is 45.6 Å². The zero-order valence-electron chi connectivity index (χ0n) is 9.69. The van der Waals surface area contributed by atoms with Gasteiger partial charge in [-0.3, -0.25) is 4.79 Å². The molecule has 0 fully saturated rings. The highest BCUT2D eigenvalue weighted by Gasteiger charge is 2.08. The Labute approximate surface area is 124 Å². The van der Waals surface area contributed by atoms with Crippen LogP contribution in [0.15, 0.2) is 23.6 Å². The smallest absolute Gasteiger partial charge is 0.309 e. The average Bonchev–Trinajstić information content (AvgIpc) is 2.75. The first-order valence-electron chi connectivity index (χ1n) is 5.39. The third kappa shape index (κ3) is 3.83. The summed E-state index contributed by atoms with van der Waals surface area (Å²) in [5.41, 5.74) is 1.33. The number of nitrogens with one attached hydrogen (secondary N) is 1. The molecule has 0 bridgehead atoms. The molecule has 0 aliphatic rings. The highest BCUT2D eigenvalue weighted by atomic mass is 35.5. The van der Waals surface area contributed by atoms with Gasteiger partial charge in [-0.15, -0.1) is 11.3 Å². The number of aliphatic carboxylic acids is 1. The SMILES string of the molecule is O=C(O)Cc1csc(NCc2c(Cl)cccc2Cl)n1. The second-order valence-electron chi connectivity index (χ2n) is 3.77. The van der Waals surface area contributed by atoms with Gasteiger partial charge in [0.05, 0.1) is 12.1 Å². The lowest BCUT2D eigenvalue weighted by molar-refractivity contribution is -0.136. The number of anilines is 1. The van der Waals surface area contributed by atoms with Gasteiger partial charge in [0, 0.05) is 27.5 Å². The summed E-state index contributed by atoms with van der Waals surface area (Å²) in [7, 11) is 0. The first kappa shape index (κ1) is 14.1. The molecule has 2 N–H and O–H groups in total. The monoisotopic (exact) mass is 316 g/mol. The minimum atomic E-state index is -0.897. The minimum Gasteiger partial charge on any atom is -0.481 e. The Morgan fingerprint density at radius 3 is 2.68 bits per heavy atom. The van der Waals surface area contributed by atoms with E-state index in [1.165, 1.54) is 11.3 Å². The standard InChI is InChI=1S/C12H10Cl2N2O2S/c13-9-2-1-3-10(14)8(9)5-15-12-16-7(6-19-12)4-11(17)18/h1-3,6H,4-5H2,(H,15,16)(H,17,18). The first-order valence-corrected chi connectivity index (χ1v) is 7.03. The van der Waals surface area contributed by atoms with Crippen LogP contribution in [0.1, 0.15) is 11.3 Å². The molecule has 0 unspecified atom stereocenters. The van der Waals surface area contributed by atoms with E-state index < -0.39 is 5.97 Å². The van der Waals surface area contributed by atoms with Gasteiger partial charge in [-0.25, -0.2) is 4.98 Å². The fraction of sp³-hybridized carbons (Fsp3) is 0.167.